The van der Waals surface area contributed by atoms with Gasteiger partial charge in [-0.2, -0.15) is 0 Å². The molecule has 4 rings (SSSR count). The van der Waals surface area contributed by atoms with E-state index in [0.29, 0.717) is 18.0 Å². The van der Waals surface area contributed by atoms with Gasteiger partial charge in [-0.25, -0.2) is 4.98 Å². The molecule has 5 nitrogen and oxygen atoms in total. The average molecular weight is 349 g/mol. The fourth-order valence-electron chi connectivity index (χ4n) is 3.90. The van der Waals surface area contributed by atoms with E-state index in [1.807, 2.05) is 36.2 Å². The van der Waals surface area contributed by atoms with Gasteiger partial charge in [0.25, 0.3) is 0 Å². The molecule has 1 atom stereocenters. The smallest absolute Gasteiger partial charge is 0.227 e. The summed E-state index contributed by atoms with van der Waals surface area (Å²) < 4.78 is 0. The maximum Gasteiger partial charge on any atom is 0.227 e. The number of carbonyl (C=O) groups excluding carboxylic acids is 1. The number of piperidine rings is 1. The Balaban J connectivity index is 1.51. The van der Waals surface area contributed by atoms with E-state index in [2.05, 4.69) is 16.0 Å². The Morgan fingerprint density at radius 1 is 1.38 bits per heavy atom. The van der Waals surface area contributed by atoms with Gasteiger partial charge in [0.15, 0.2) is 0 Å². The minimum absolute atomic E-state index is 0.0774. The number of H-pyrrole nitrogens is 1. The molecule has 1 unspecified atom stereocenters. The van der Waals surface area contributed by atoms with E-state index in [1.165, 1.54) is 5.56 Å². The van der Waals surface area contributed by atoms with Gasteiger partial charge >= 0.3 is 0 Å². The maximum atomic E-state index is 12.8. The zero-order valence-electron chi connectivity index (χ0n) is 14.9. The standard InChI is InChI=1S/C21H23N3O2/c1-14-6-7-19(25)16(10-14)11-20(26)24-9-3-4-15(13-24)18-12-23-21-17(18)5-2-8-22-21/h2,5-8,10,12,15,25H,3-4,9,11,13H2,1H3,(H,22,23). The average Bonchev–Trinajstić information content (AvgIpc) is 3.09. The molecule has 0 bridgehead atoms. The molecular formula is C21H23N3O2. The van der Waals surface area contributed by atoms with Gasteiger partial charge in [-0.3, -0.25) is 4.79 Å². The lowest BCUT2D eigenvalue weighted by atomic mass is 9.90. The number of nitrogens with zero attached hydrogens (tertiary/aromatic N) is 2. The number of rotatable bonds is 3. The number of hydrogen-bond donors (Lipinski definition) is 2. The monoisotopic (exact) mass is 349 g/mol. The SMILES string of the molecule is Cc1ccc(O)c(CC(=O)N2CCCC(c3c[nH]c4ncccc34)C2)c1. The van der Waals surface area contributed by atoms with Gasteiger partial charge < -0.3 is 15.0 Å². The van der Waals surface area contributed by atoms with Crippen molar-refractivity contribution in [3.8, 4) is 5.75 Å². The van der Waals surface area contributed by atoms with Gasteiger partial charge in [0.05, 0.1) is 6.42 Å². The summed E-state index contributed by atoms with van der Waals surface area (Å²) in [4.78, 5) is 22.3. The van der Waals surface area contributed by atoms with Crippen molar-refractivity contribution in [3.05, 3.63) is 59.4 Å². The van der Waals surface area contributed by atoms with E-state index < -0.39 is 0 Å². The highest BCUT2D eigenvalue weighted by atomic mass is 16.3. The van der Waals surface area contributed by atoms with Crippen molar-refractivity contribution in [1.29, 1.82) is 0 Å². The van der Waals surface area contributed by atoms with E-state index in [9.17, 15) is 9.90 Å². The first kappa shape index (κ1) is 16.6. The molecule has 1 aromatic carbocycles. The highest BCUT2D eigenvalue weighted by molar-refractivity contribution is 5.81. The summed E-state index contributed by atoms with van der Waals surface area (Å²) in [5.74, 6) is 0.588. The number of aromatic nitrogens is 2. The van der Waals surface area contributed by atoms with Gasteiger partial charge in [-0.05, 0) is 43.5 Å². The third kappa shape index (κ3) is 3.17. The van der Waals surface area contributed by atoms with Crippen LogP contribution >= 0.6 is 0 Å². The summed E-state index contributed by atoms with van der Waals surface area (Å²) in [5.41, 5.74) is 3.89. The van der Waals surface area contributed by atoms with Crippen LogP contribution in [0.15, 0.2) is 42.7 Å². The van der Waals surface area contributed by atoms with Crippen molar-refractivity contribution in [2.45, 2.75) is 32.1 Å². The number of nitrogens with one attached hydrogen (secondary N) is 1. The van der Waals surface area contributed by atoms with Crippen molar-refractivity contribution >= 4 is 16.9 Å². The molecule has 1 amide bonds. The molecule has 0 saturated carbocycles. The Kier molecular flexibility index (Phi) is 4.37. The van der Waals surface area contributed by atoms with Gasteiger partial charge in [-0.15, -0.1) is 0 Å². The molecule has 1 fully saturated rings. The molecule has 0 spiro atoms. The summed E-state index contributed by atoms with van der Waals surface area (Å²) in [6.07, 6.45) is 6.12. The molecule has 5 heteroatoms. The molecule has 2 N–H and O–H groups in total. The van der Waals surface area contributed by atoms with E-state index in [0.717, 1.165) is 36.0 Å². The van der Waals surface area contributed by atoms with Gasteiger partial charge in [-0.1, -0.05) is 17.7 Å². The second-order valence-corrected chi connectivity index (χ2v) is 7.13. The molecular weight excluding hydrogens is 326 g/mol. The molecule has 1 aliphatic heterocycles. The summed E-state index contributed by atoms with van der Waals surface area (Å²) in [5, 5.41) is 11.2. The van der Waals surface area contributed by atoms with Crippen LogP contribution < -0.4 is 0 Å². The van der Waals surface area contributed by atoms with Crippen LogP contribution in [-0.4, -0.2) is 39.0 Å². The summed E-state index contributed by atoms with van der Waals surface area (Å²) in [6.45, 7) is 3.46. The lowest BCUT2D eigenvalue weighted by molar-refractivity contribution is -0.131. The highest BCUT2D eigenvalue weighted by Gasteiger charge is 2.26. The molecule has 0 aliphatic carbocycles. The van der Waals surface area contributed by atoms with Crippen LogP contribution in [0, 0.1) is 6.92 Å². The van der Waals surface area contributed by atoms with Crippen LogP contribution in [0.4, 0.5) is 0 Å². The first-order chi connectivity index (χ1) is 12.6. The minimum Gasteiger partial charge on any atom is -0.508 e. The lowest BCUT2D eigenvalue weighted by Crippen LogP contribution is -2.39. The third-order valence-corrected chi connectivity index (χ3v) is 5.27. The number of benzene rings is 1. The Hall–Kier alpha value is -2.82. The zero-order valence-corrected chi connectivity index (χ0v) is 14.9. The number of fused-ring (bicyclic) bond motifs is 1. The largest absolute Gasteiger partial charge is 0.508 e. The Bertz CT molecular complexity index is 947. The number of amides is 1. The number of carbonyl (C=O) groups is 1. The first-order valence-electron chi connectivity index (χ1n) is 9.10. The number of phenols is 1. The number of phenolic OH excluding ortho intramolecular Hbond substituents is 1. The quantitative estimate of drug-likeness (QED) is 0.760. The number of aromatic amines is 1. The molecule has 1 aliphatic rings. The topological polar surface area (TPSA) is 69.2 Å². The van der Waals surface area contributed by atoms with Crippen molar-refractivity contribution in [2.75, 3.05) is 13.1 Å². The van der Waals surface area contributed by atoms with Crippen molar-refractivity contribution in [1.82, 2.24) is 14.9 Å². The second kappa shape index (κ2) is 6.83. The van der Waals surface area contributed by atoms with Crippen LogP contribution in [0.25, 0.3) is 11.0 Å². The van der Waals surface area contributed by atoms with Crippen LogP contribution in [-0.2, 0) is 11.2 Å². The van der Waals surface area contributed by atoms with E-state index >= 15 is 0 Å². The zero-order chi connectivity index (χ0) is 18.1. The summed E-state index contributed by atoms with van der Waals surface area (Å²) in [6, 6.07) is 9.44. The lowest BCUT2D eigenvalue weighted by Gasteiger charge is -2.33. The van der Waals surface area contributed by atoms with E-state index in [4.69, 9.17) is 0 Å². The third-order valence-electron chi connectivity index (χ3n) is 5.27. The van der Waals surface area contributed by atoms with Crippen molar-refractivity contribution in [3.63, 3.8) is 0 Å². The van der Waals surface area contributed by atoms with Gasteiger partial charge in [0, 0.05) is 42.4 Å². The number of aromatic hydroxyl groups is 1. The van der Waals surface area contributed by atoms with Crippen molar-refractivity contribution < 1.29 is 9.90 Å². The van der Waals surface area contributed by atoms with Crippen LogP contribution in [0.1, 0.15) is 35.4 Å². The second-order valence-electron chi connectivity index (χ2n) is 7.13. The highest BCUT2D eigenvalue weighted by Crippen LogP contribution is 2.32. The molecule has 1 saturated heterocycles. The van der Waals surface area contributed by atoms with Crippen LogP contribution in [0.3, 0.4) is 0 Å². The predicted molar refractivity (Wildman–Crippen MR) is 101 cm³/mol. The first-order valence-corrected chi connectivity index (χ1v) is 9.10. The Labute approximate surface area is 152 Å². The molecule has 2 aromatic heterocycles. The molecule has 26 heavy (non-hydrogen) atoms. The maximum absolute atomic E-state index is 12.8. The fourth-order valence-corrected chi connectivity index (χ4v) is 3.90. The number of hydrogen-bond acceptors (Lipinski definition) is 3. The van der Waals surface area contributed by atoms with Crippen molar-refractivity contribution in [2.24, 2.45) is 0 Å². The predicted octanol–water partition coefficient (Wildman–Crippen LogP) is 3.53. The molecule has 134 valence electrons. The van der Waals surface area contributed by atoms with Crippen LogP contribution in [0.2, 0.25) is 0 Å². The van der Waals surface area contributed by atoms with Gasteiger partial charge in [0.2, 0.25) is 5.91 Å². The van der Waals surface area contributed by atoms with E-state index in [1.54, 1.807) is 12.3 Å². The normalized spacial score (nSPS) is 17.6. The molecule has 3 aromatic rings. The number of likely N-dealkylation sites (tertiary alicyclic amines) is 1. The number of pyridine rings is 1. The fraction of sp³-hybridized carbons (Fsp3) is 0.333. The van der Waals surface area contributed by atoms with Gasteiger partial charge in [0.1, 0.15) is 11.4 Å². The Morgan fingerprint density at radius 2 is 2.27 bits per heavy atom. The summed E-state index contributed by atoms with van der Waals surface area (Å²) in [7, 11) is 0. The molecule has 3 heterocycles. The van der Waals surface area contributed by atoms with Crippen LogP contribution in [0.5, 0.6) is 5.75 Å². The minimum atomic E-state index is 0.0774. The summed E-state index contributed by atoms with van der Waals surface area (Å²) >= 11 is 0. The Morgan fingerprint density at radius 3 is 3.15 bits per heavy atom. The molecule has 0 radical (unpaired) electrons. The number of aryl methyl sites for hydroxylation is 1. The van der Waals surface area contributed by atoms with E-state index in [-0.39, 0.29) is 18.1 Å².